The molecule has 0 aromatic heterocycles. The van der Waals surface area contributed by atoms with E-state index in [1.165, 1.54) is 0 Å². The average Bonchev–Trinajstić information content (AvgIpc) is 3.01. The molecule has 4 aliphatic rings. The first-order valence-electron chi connectivity index (χ1n) is 21.0. The van der Waals surface area contributed by atoms with Gasteiger partial charge in [0.05, 0.1) is 24.7 Å². The normalized spacial score (nSPS) is 27.9. The van der Waals surface area contributed by atoms with Crippen molar-refractivity contribution in [2.24, 2.45) is 55.2 Å². The fourth-order valence-electron chi connectivity index (χ4n) is 11.0. The lowest BCUT2D eigenvalue weighted by Gasteiger charge is -2.49. The second-order valence-corrected chi connectivity index (χ2v) is 23.3. The number of hydrogen-bond acceptors (Lipinski definition) is 12. The molecule has 0 saturated carbocycles. The Labute approximate surface area is 338 Å². The number of carbonyl (C=O) groups is 4. The third-order valence-electron chi connectivity index (χ3n) is 13.2. The highest BCUT2D eigenvalue weighted by Gasteiger charge is 2.54. The zero-order chi connectivity index (χ0) is 42.5. The molecule has 12 heteroatoms. The Bertz CT molecular complexity index is 1290. The van der Waals surface area contributed by atoms with Crippen LogP contribution in [0.1, 0.15) is 124 Å². The van der Waals surface area contributed by atoms with Crippen molar-refractivity contribution in [2.75, 3.05) is 52.4 Å². The van der Waals surface area contributed by atoms with Gasteiger partial charge in [0.15, 0.2) is 0 Å². The lowest BCUT2D eigenvalue weighted by atomic mass is 9.68. The van der Waals surface area contributed by atoms with E-state index in [9.17, 15) is 19.2 Å². The van der Waals surface area contributed by atoms with E-state index in [1.54, 1.807) is 0 Å². The Morgan fingerprint density at radius 1 is 0.375 bits per heavy atom. The van der Waals surface area contributed by atoms with E-state index in [-0.39, 0.29) is 0 Å². The quantitative estimate of drug-likeness (QED) is 0.159. The predicted molar refractivity (Wildman–Crippen MR) is 217 cm³/mol. The standard InChI is InChI=1S/C44H78N4O8/c1-37(2)19-45-20-38(3,4)33(37)53-29(49)17-27(31(51)55-35-41(9,10)23-47-24-42(35,11)12)28(32(52)56-36-43(13,14)25-48-26-44(36,15)16)18-30(50)54-34-39(5,6)21-46-22-40(34,7)8/h27-28,33-36,45-48H,17-26H2,1-16H3. The molecule has 12 nitrogen and oxygen atoms in total. The van der Waals surface area contributed by atoms with Crippen LogP contribution < -0.4 is 21.3 Å². The van der Waals surface area contributed by atoms with E-state index < -0.39 is 116 Å². The molecule has 2 atom stereocenters. The number of carbonyl (C=O) groups excluding carboxylic acids is 4. The maximum Gasteiger partial charge on any atom is 0.310 e. The lowest BCUT2D eigenvalue weighted by Crippen LogP contribution is -2.60. The van der Waals surface area contributed by atoms with Crippen molar-refractivity contribution in [3.8, 4) is 0 Å². The molecule has 4 aliphatic heterocycles. The fraction of sp³-hybridized carbons (Fsp3) is 0.909. The molecule has 0 aliphatic carbocycles. The summed E-state index contributed by atoms with van der Waals surface area (Å²) in [6, 6.07) is 0. The molecule has 0 amide bonds. The monoisotopic (exact) mass is 791 g/mol. The second kappa shape index (κ2) is 16.1. The van der Waals surface area contributed by atoms with Crippen LogP contribution in [0, 0.1) is 55.2 Å². The van der Waals surface area contributed by atoms with E-state index >= 15 is 0 Å². The second-order valence-electron chi connectivity index (χ2n) is 23.3. The van der Waals surface area contributed by atoms with Gasteiger partial charge < -0.3 is 40.2 Å². The molecule has 0 aromatic rings. The zero-order valence-electron chi connectivity index (χ0n) is 37.8. The summed E-state index contributed by atoms with van der Waals surface area (Å²) in [5.74, 6) is -5.45. The van der Waals surface area contributed by atoms with Gasteiger partial charge in [-0.05, 0) is 0 Å². The first kappa shape index (κ1) is 46.4. The van der Waals surface area contributed by atoms with Crippen LogP contribution in [0.3, 0.4) is 0 Å². The van der Waals surface area contributed by atoms with Gasteiger partial charge in [0.2, 0.25) is 0 Å². The van der Waals surface area contributed by atoms with Gasteiger partial charge in [-0.3, -0.25) is 19.2 Å². The van der Waals surface area contributed by atoms with Crippen LogP contribution in [0.5, 0.6) is 0 Å². The van der Waals surface area contributed by atoms with Crippen LogP contribution in [0.2, 0.25) is 0 Å². The summed E-state index contributed by atoms with van der Waals surface area (Å²) in [5.41, 5.74) is -3.46. The van der Waals surface area contributed by atoms with Gasteiger partial charge in [-0.1, -0.05) is 111 Å². The van der Waals surface area contributed by atoms with Crippen LogP contribution in [0.25, 0.3) is 0 Å². The van der Waals surface area contributed by atoms with Gasteiger partial charge in [0.25, 0.3) is 0 Å². The molecular formula is C44H78N4O8. The highest BCUT2D eigenvalue weighted by atomic mass is 16.6. The molecule has 0 spiro atoms. The molecule has 4 saturated heterocycles. The Hall–Kier alpha value is -2.28. The summed E-state index contributed by atoms with van der Waals surface area (Å²) in [7, 11) is 0. The molecular weight excluding hydrogens is 713 g/mol. The largest absolute Gasteiger partial charge is 0.461 e. The minimum absolute atomic E-state index is 0.403. The fourth-order valence-corrected chi connectivity index (χ4v) is 11.0. The van der Waals surface area contributed by atoms with Crippen molar-refractivity contribution in [1.82, 2.24) is 21.3 Å². The van der Waals surface area contributed by atoms with Crippen molar-refractivity contribution in [2.45, 2.75) is 148 Å². The Morgan fingerprint density at radius 3 is 0.750 bits per heavy atom. The summed E-state index contributed by atoms with van der Waals surface area (Å²) in [6.45, 7) is 37.7. The number of ether oxygens (including phenoxy) is 4. The van der Waals surface area contributed by atoms with Crippen molar-refractivity contribution >= 4 is 23.9 Å². The van der Waals surface area contributed by atoms with Gasteiger partial charge in [-0.15, -0.1) is 0 Å². The lowest BCUT2D eigenvalue weighted by molar-refractivity contribution is -0.193. The van der Waals surface area contributed by atoms with Crippen molar-refractivity contribution in [3.63, 3.8) is 0 Å². The number of esters is 4. The summed E-state index contributed by atoms with van der Waals surface area (Å²) in [5, 5.41) is 13.8. The van der Waals surface area contributed by atoms with E-state index in [2.05, 4.69) is 21.3 Å². The number of piperidine rings is 4. The minimum atomic E-state index is -1.38. The molecule has 4 rings (SSSR count). The third kappa shape index (κ3) is 10.3. The summed E-state index contributed by atoms with van der Waals surface area (Å²) in [6.07, 6.45) is -2.97. The van der Waals surface area contributed by atoms with Gasteiger partial charge in [0, 0.05) is 95.7 Å². The van der Waals surface area contributed by atoms with Crippen molar-refractivity contribution < 1.29 is 38.1 Å². The van der Waals surface area contributed by atoms with E-state index in [4.69, 9.17) is 18.9 Å². The molecule has 2 unspecified atom stereocenters. The first-order valence-corrected chi connectivity index (χ1v) is 21.0. The first-order chi connectivity index (χ1) is 25.3. The third-order valence-corrected chi connectivity index (χ3v) is 13.2. The van der Waals surface area contributed by atoms with Crippen LogP contribution in [0.15, 0.2) is 0 Å². The minimum Gasteiger partial charge on any atom is -0.461 e. The van der Waals surface area contributed by atoms with Crippen molar-refractivity contribution in [1.29, 1.82) is 0 Å². The van der Waals surface area contributed by atoms with Crippen LogP contribution in [-0.4, -0.2) is 101 Å². The molecule has 322 valence electrons. The van der Waals surface area contributed by atoms with Gasteiger partial charge in [-0.25, -0.2) is 0 Å². The smallest absolute Gasteiger partial charge is 0.310 e. The molecule has 56 heavy (non-hydrogen) atoms. The molecule has 0 aromatic carbocycles. The topological polar surface area (TPSA) is 153 Å². The number of nitrogens with one attached hydrogen (secondary N) is 4. The predicted octanol–water partition coefficient (Wildman–Crippen LogP) is 5.27. The molecule has 4 N–H and O–H groups in total. The Morgan fingerprint density at radius 2 is 0.554 bits per heavy atom. The average molecular weight is 791 g/mol. The van der Waals surface area contributed by atoms with Crippen LogP contribution >= 0.6 is 0 Å². The highest BCUT2D eigenvalue weighted by molar-refractivity contribution is 5.89. The van der Waals surface area contributed by atoms with Crippen molar-refractivity contribution in [3.05, 3.63) is 0 Å². The van der Waals surface area contributed by atoms with Crippen LogP contribution in [-0.2, 0) is 38.1 Å². The van der Waals surface area contributed by atoms with Gasteiger partial charge >= 0.3 is 23.9 Å². The Balaban J connectivity index is 1.78. The molecule has 0 bridgehead atoms. The molecule has 0 radical (unpaired) electrons. The number of rotatable bonds is 11. The van der Waals surface area contributed by atoms with E-state index in [0.29, 0.717) is 52.4 Å². The SMILES string of the molecule is CC1(C)CNCC(C)(C)C1OC(=O)CC(C(=O)OC1C(C)(C)CNCC1(C)C)C(CC(=O)OC1C(C)(C)CNCC1(C)C)C(=O)OC1C(C)(C)CNCC1(C)C. The zero-order valence-corrected chi connectivity index (χ0v) is 37.8. The maximum atomic E-state index is 14.9. The number of hydrogen-bond donors (Lipinski definition) is 4. The van der Waals surface area contributed by atoms with Gasteiger partial charge in [-0.2, -0.15) is 0 Å². The van der Waals surface area contributed by atoms with Crippen LogP contribution in [0.4, 0.5) is 0 Å². The Kier molecular flexibility index (Phi) is 13.3. The summed E-state index contributed by atoms with van der Waals surface area (Å²) >= 11 is 0. The van der Waals surface area contributed by atoms with Gasteiger partial charge in [0.1, 0.15) is 24.4 Å². The summed E-state index contributed by atoms with van der Waals surface area (Å²) in [4.78, 5) is 58.4. The molecule has 4 fully saturated rings. The molecule has 4 heterocycles. The van der Waals surface area contributed by atoms with E-state index in [0.717, 1.165) is 0 Å². The maximum absolute atomic E-state index is 14.9. The highest BCUT2D eigenvalue weighted by Crippen LogP contribution is 2.45. The summed E-state index contributed by atoms with van der Waals surface area (Å²) < 4.78 is 25.6. The van der Waals surface area contributed by atoms with E-state index in [1.807, 2.05) is 111 Å².